The van der Waals surface area contributed by atoms with Crippen molar-refractivity contribution in [3.05, 3.63) is 35.1 Å². The molecule has 1 heterocycles. The molecule has 2 unspecified atom stereocenters. The van der Waals surface area contributed by atoms with Crippen molar-refractivity contribution < 1.29 is 9.13 Å². The first-order valence-corrected chi connectivity index (χ1v) is 6.30. The average Bonchev–Trinajstić information content (AvgIpc) is 2.84. The van der Waals surface area contributed by atoms with Crippen LogP contribution in [0.4, 0.5) is 4.39 Å². The zero-order valence-corrected chi connectivity index (χ0v) is 10.5. The number of aryl methyl sites for hydroxylation is 1. The summed E-state index contributed by atoms with van der Waals surface area (Å²) >= 11 is 0. The Morgan fingerprint density at radius 3 is 3.00 bits per heavy atom. The Hall–Kier alpha value is -0.930. The van der Waals surface area contributed by atoms with Crippen molar-refractivity contribution >= 4 is 0 Å². The molecule has 1 N–H and O–H groups in total. The number of benzene rings is 1. The molecule has 0 radical (unpaired) electrons. The number of nitrogens with one attached hydrogen (secondary N) is 1. The number of hydrogen-bond donors (Lipinski definition) is 1. The molecule has 0 amide bonds. The fourth-order valence-electron chi connectivity index (χ4n) is 2.48. The second-order valence-electron chi connectivity index (χ2n) is 4.64. The summed E-state index contributed by atoms with van der Waals surface area (Å²) in [6.07, 6.45) is 1.01. The molecule has 2 nitrogen and oxygen atoms in total. The van der Waals surface area contributed by atoms with Crippen molar-refractivity contribution in [1.29, 1.82) is 0 Å². The zero-order chi connectivity index (χ0) is 12.3. The molecule has 3 heteroatoms. The molecule has 94 valence electrons. The van der Waals surface area contributed by atoms with Crippen LogP contribution in [-0.2, 0) is 4.74 Å². The summed E-state index contributed by atoms with van der Waals surface area (Å²) in [5, 5.41) is 3.39. The van der Waals surface area contributed by atoms with E-state index < -0.39 is 0 Å². The molecule has 0 bridgehead atoms. The third-order valence-corrected chi connectivity index (χ3v) is 3.42. The first-order valence-electron chi connectivity index (χ1n) is 6.30. The van der Waals surface area contributed by atoms with Crippen LogP contribution in [0.5, 0.6) is 0 Å². The topological polar surface area (TPSA) is 21.3 Å². The van der Waals surface area contributed by atoms with E-state index in [1.54, 1.807) is 0 Å². The minimum atomic E-state index is -0.0784. The molecule has 2 atom stereocenters. The van der Waals surface area contributed by atoms with E-state index in [1.165, 1.54) is 0 Å². The fourth-order valence-corrected chi connectivity index (χ4v) is 2.48. The van der Waals surface area contributed by atoms with E-state index in [0.717, 1.165) is 31.7 Å². The van der Waals surface area contributed by atoms with Crippen LogP contribution in [0.25, 0.3) is 0 Å². The standard InChI is InChI=1S/C14H20FNO/c1-3-16-14(11-7-8-17-9-11)12-6-4-5-10(2)13(12)15/h4-6,11,14,16H,3,7-9H2,1-2H3. The van der Waals surface area contributed by atoms with Gasteiger partial charge in [-0.2, -0.15) is 0 Å². The smallest absolute Gasteiger partial charge is 0.130 e. The lowest BCUT2D eigenvalue weighted by atomic mass is 9.91. The highest BCUT2D eigenvalue weighted by molar-refractivity contribution is 5.28. The Bertz CT molecular complexity index is 374. The molecule has 1 saturated heterocycles. The first kappa shape index (κ1) is 12.5. The van der Waals surface area contributed by atoms with E-state index in [4.69, 9.17) is 4.74 Å². The minimum Gasteiger partial charge on any atom is -0.381 e. The monoisotopic (exact) mass is 237 g/mol. The van der Waals surface area contributed by atoms with Crippen molar-refractivity contribution in [3.8, 4) is 0 Å². The highest BCUT2D eigenvalue weighted by atomic mass is 19.1. The van der Waals surface area contributed by atoms with Crippen LogP contribution in [0.2, 0.25) is 0 Å². The Morgan fingerprint density at radius 1 is 1.53 bits per heavy atom. The molecule has 1 aromatic carbocycles. The molecule has 0 aromatic heterocycles. The summed E-state index contributed by atoms with van der Waals surface area (Å²) in [5.74, 6) is 0.302. The van der Waals surface area contributed by atoms with Gasteiger partial charge in [-0.1, -0.05) is 25.1 Å². The SMILES string of the molecule is CCNC(c1cccc(C)c1F)C1CCOC1. The number of hydrogen-bond acceptors (Lipinski definition) is 2. The Labute approximate surface area is 102 Å². The number of halogens is 1. The lowest BCUT2D eigenvalue weighted by molar-refractivity contribution is 0.176. The molecule has 0 aliphatic carbocycles. The van der Waals surface area contributed by atoms with Crippen LogP contribution in [0, 0.1) is 18.7 Å². The molecule has 1 aromatic rings. The second kappa shape index (κ2) is 5.61. The third-order valence-electron chi connectivity index (χ3n) is 3.42. The molecule has 0 spiro atoms. The summed E-state index contributed by atoms with van der Waals surface area (Å²) in [4.78, 5) is 0. The van der Waals surface area contributed by atoms with Crippen LogP contribution in [0.1, 0.15) is 30.5 Å². The minimum absolute atomic E-state index is 0.0717. The molecule has 2 rings (SSSR count). The van der Waals surface area contributed by atoms with Gasteiger partial charge in [0.1, 0.15) is 5.82 Å². The van der Waals surface area contributed by atoms with Gasteiger partial charge in [0.25, 0.3) is 0 Å². The maximum absolute atomic E-state index is 14.1. The third kappa shape index (κ3) is 2.67. The van der Waals surface area contributed by atoms with Gasteiger partial charge in [-0.3, -0.25) is 0 Å². The molecule has 1 aliphatic rings. The highest BCUT2D eigenvalue weighted by Gasteiger charge is 2.28. The van der Waals surface area contributed by atoms with Crippen LogP contribution < -0.4 is 5.32 Å². The summed E-state index contributed by atoms with van der Waals surface area (Å²) < 4.78 is 19.6. The quantitative estimate of drug-likeness (QED) is 0.869. The summed E-state index contributed by atoms with van der Waals surface area (Å²) in [6.45, 7) is 6.23. The predicted molar refractivity (Wildman–Crippen MR) is 66.5 cm³/mol. The van der Waals surface area contributed by atoms with Crippen molar-refractivity contribution in [2.75, 3.05) is 19.8 Å². The predicted octanol–water partition coefficient (Wildman–Crippen LogP) is 2.82. The van der Waals surface area contributed by atoms with Gasteiger partial charge in [-0.15, -0.1) is 0 Å². The maximum atomic E-state index is 14.1. The molecule has 0 saturated carbocycles. The average molecular weight is 237 g/mol. The van der Waals surface area contributed by atoms with Gasteiger partial charge in [-0.25, -0.2) is 4.39 Å². The lowest BCUT2D eigenvalue weighted by Crippen LogP contribution is -2.29. The largest absolute Gasteiger partial charge is 0.381 e. The molecule has 1 aliphatic heterocycles. The van der Waals surface area contributed by atoms with Gasteiger partial charge in [0, 0.05) is 24.1 Å². The van der Waals surface area contributed by atoms with Gasteiger partial charge >= 0.3 is 0 Å². The summed E-state index contributed by atoms with van der Waals surface area (Å²) in [6, 6.07) is 5.69. The fraction of sp³-hybridized carbons (Fsp3) is 0.571. The van der Waals surface area contributed by atoms with Crippen molar-refractivity contribution in [2.24, 2.45) is 5.92 Å². The van der Waals surface area contributed by atoms with Crippen LogP contribution in [-0.4, -0.2) is 19.8 Å². The number of ether oxygens (including phenoxy) is 1. The van der Waals surface area contributed by atoms with E-state index in [9.17, 15) is 4.39 Å². The highest BCUT2D eigenvalue weighted by Crippen LogP contribution is 2.31. The van der Waals surface area contributed by atoms with E-state index in [2.05, 4.69) is 12.2 Å². The second-order valence-corrected chi connectivity index (χ2v) is 4.64. The Morgan fingerprint density at radius 2 is 2.35 bits per heavy atom. The van der Waals surface area contributed by atoms with Gasteiger partial charge in [-0.05, 0) is 25.5 Å². The normalized spacial score (nSPS) is 21.7. The summed E-state index contributed by atoms with van der Waals surface area (Å²) in [5.41, 5.74) is 1.49. The maximum Gasteiger partial charge on any atom is 0.130 e. The lowest BCUT2D eigenvalue weighted by Gasteiger charge is -2.24. The van der Waals surface area contributed by atoms with E-state index in [-0.39, 0.29) is 11.9 Å². The molecular weight excluding hydrogens is 217 g/mol. The van der Waals surface area contributed by atoms with Crippen molar-refractivity contribution in [1.82, 2.24) is 5.32 Å². The van der Waals surface area contributed by atoms with Crippen LogP contribution >= 0.6 is 0 Å². The molecule has 17 heavy (non-hydrogen) atoms. The Balaban J connectivity index is 2.27. The van der Waals surface area contributed by atoms with Gasteiger partial charge < -0.3 is 10.1 Å². The van der Waals surface area contributed by atoms with Crippen LogP contribution in [0.3, 0.4) is 0 Å². The van der Waals surface area contributed by atoms with Crippen LogP contribution in [0.15, 0.2) is 18.2 Å². The first-order chi connectivity index (χ1) is 8.24. The molecular formula is C14H20FNO. The van der Waals surface area contributed by atoms with E-state index in [0.29, 0.717) is 11.5 Å². The van der Waals surface area contributed by atoms with Crippen molar-refractivity contribution in [3.63, 3.8) is 0 Å². The zero-order valence-electron chi connectivity index (χ0n) is 10.5. The molecule has 1 fully saturated rings. The van der Waals surface area contributed by atoms with E-state index in [1.807, 2.05) is 25.1 Å². The van der Waals surface area contributed by atoms with Gasteiger partial charge in [0.15, 0.2) is 0 Å². The Kier molecular flexibility index (Phi) is 4.13. The number of rotatable bonds is 4. The van der Waals surface area contributed by atoms with Crippen molar-refractivity contribution in [2.45, 2.75) is 26.3 Å². The van der Waals surface area contributed by atoms with Gasteiger partial charge in [0.05, 0.1) is 6.61 Å². The van der Waals surface area contributed by atoms with E-state index >= 15 is 0 Å². The van der Waals surface area contributed by atoms with Gasteiger partial charge in [0.2, 0.25) is 0 Å². The summed E-state index contributed by atoms with van der Waals surface area (Å²) in [7, 11) is 0.